The van der Waals surface area contributed by atoms with Crippen molar-refractivity contribution < 1.29 is 28.5 Å². The molecule has 8 aromatic rings. The lowest BCUT2D eigenvalue weighted by molar-refractivity contribution is 0.0160. The topological polar surface area (TPSA) is 188 Å². The highest BCUT2D eigenvalue weighted by Crippen LogP contribution is 2.49. The fraction of sp³-hybridized carbons (Fsp3) is 0.385. The lowest BCUT2D eigenvalue weighted by Gasteiger charge is -2.34. The number of benzene rings is 2. The fourth-order valence-corrected chi connectivity index (χ4v) is 9.67. The molecule has 338 valence electrons. The molecule has 1 atom stereocenters. The molecule has 66 heavy (non-hydrogen) atoms. The lowest BCUT2D eigenvalue weighted by Crippen LogP contribution is -2.36. The van der Waals surface area contributed by atoms with Crippen LogP contribution in [0.2, 0.25) is 0 Å². The van der Waals surface area contributed by atoms with Crippen LogP contribution in [0.15, 0.2) is 82.1 Å². The first-order valence-corrected chi connectivity index (χ1v) is 23.0. The Morgan fingerprint density at radius 2 is 1.39 bits per heavy atom. The number of imidazole rings is 2. The highest BCUT2D eigenvalue weighted by Gasteiger charge is 2.45. The van der Waals surface area contributed by atoms with Crippen LogP contribution in [0.25, 0.3) is 44.3 Å². The number of hydrogen-bond donors (Lipinski definition) is 2. The van der Waals surface area contributed by atoms with E-state index in [4.69, 9.17) is 23.8 Å². The van der Waals surface area contributed by atoms with Gasteiger partial charge in [-0.2, -0.15) is 0 Å². The van der Waals surface area contributed by atoms with E-state index in [2.05, 4.69) is 37.4 Å². The number of nitrogens with zero attached hydrogens (tertiary/aromatic N) is 7. The van der Waals surface area contributed by atoms with E-state index >= 15 is 0 Å². The molecular formula is C52H54N8O6. The smallest absolute Gasteiger partial charge is 0.420 e. The molecule has 0 radical (unpaired) electrons. The summed E-state index contributed by atoms with van der Waals surface area (Å²) < 4.78 is 18.1. The van der Waals surface area contributed by atoms with Crippen molar-refractivity contribution in [1.29, 1.82) is 0 Å². The molecule has 3 fully saturated rings. The van der Waals surface area contributed by atoms with Gasteiger partial charge >= 0.3 is 6.09 Å². The number of H-pyrrole nitrogens is 1. The number of hydrogen-bond acceptors (Lipinski definition) is 12. The SMILES string of the molecule is Cc1noc(C)c1-c1cc(C(=O)c2ccccn2)c2nc(C3CC3)n(C(=O)OC(C)(C)C)c2c1.Cc1noc(C)c1-c1cc(C(O)(c2ccccn2)C2CCCC2)c2nc(C3CC3)[nH]c2c1. The van der Waals surface area contributed by atoms with Crippen LogP contribution in [0.4, 0.5) is 4.79 Å². The van der Waals surface area contributed by atoms with Gasteiger partial charge in [-0.05, 0) is 153 Å². The van der Waals surface area contributed by atoms with Crippen molar-refractivity contribution in [2.75, 3.05) is 0 Å². The first-order valence-electron chi connectivity index (χ1n) is 23.0. The van der Waals surface area contributed by atoms with E-state index < -0.39 is 17.3 Å². The maximum Gasteiger partial charge on any atom is 0.420 e. The number of carbonyl (C=O) groups is 2. The second kappa shape index (κ2) is 16.6. The molecule has 1 unspecified atom stereocenters. The zero-order chi connectivity index (χ0) is 46.1. The first-order chi connectivity index (χ1) is 31.7. The Balaban J connectivity index is 0.000000155. The number of nitrogens with one attached hydrogen (secondary N) is 1. The zero-order valence-corrected chi connectivity index (χ0v) is 38.4. The van der Waals surface area contributed by atoms with Crippen LogP contribution >= 0.6 is 0 Å². The Kier molecular flexibility index (Phi) is 10.8. The molecule has 3 saturated carbocycles. The number of pyridine rings is 2. The maximum atomic E-state index is 13.6. The van der Waals surface area contributed by atoms with Gasteiger partial charge in [0.25, 0.3) is 0 Å². The van der Waals surface area contributed by atoms with Gasteiger partial charge in [0, 0.05) is 40.9 Å². The zero-order valence-electron chi connectivity index (χ0n) is 38.4. The quantitative estimate of drug-likeness (QED) is 0.131. The highest BCUT2D eigenvalue weighted by atomic mass is 16.6. The molecule has 6 aromatic heterocycles. The molecule has 0 bridgehead atoms. The summed E-state index contributed by atoms with van der Waals surface area (Å²) in [5, 5.41) is 20.8. The van der Waals surface area contributed by atoms with Crippen LogP contribution in [0.3, 0.4) is 0 Å². The Morgan fingerprint density at radius 1 is 0.758 bits per heavy atom. The number of aromatic nitrogens is 8. The first kappa shape index (κ1) is 43.1. The third kappa shape index (κ3) is 7.90. The monoisotopic (exact) mass is 886 g/mol. The predicted octanol–water partition coefficient (Wildman–Crippen LogP) is 11.1. The van der Waals surface area contributed by atoms with Gasteiger partial charge in [0.05, 0.1) is 39.2 Å². The molecule has 2 N–H and O–H groups in total. The number of aromatic amines is 1. The number of aryl methyl sites for hydroxylation is 4. The standard InChI is InChI=1S/C26H26N4O4.C26H28N4O2/c1-14-21(15(2)34-29-14)17-12-18(23(31)19-8-6-7-11-27-19)22-20(13-17)30(24(28-22)16-9-10-16)25(32)33-26(3,4)5;1-15-23(16(2)32-30-15)18-13-20(24-21(14-18)28-25(29-24)17-10-11-17)26(31,19-7-3-4-8-19)22-9-5-6-12-27-22/h6-8,11-13,16H,9-10H2,1-5H3;5-6,9,12-14,17,19,31H,3-4,7-8,10-11H2,1-2H3,(H,28,29). The number of fused-ring (bicyclic) bond motifs is 2. The Morgan fingerprint density at radius 3 is 1.95 bits per heavy atom. The van der Waals surface area contributed by atoms with Crippen LogP contribution in [0.5, 0.6) is 0 Å². The van der Waals surface area contributed by atoms with Gasteiger partial charge in [-0.15, -0.1) is 0 Å². The average molecular weight is 887 g/mol. The summed E-state index contributed by atoms with van der Waals surface area (Å²) in [6.07, 6.45) is 11.2. The second-order valence-electron chi connectivity index (χ2n) is 19.2. The van der Waals surface area contributed by atoms with Crippen LogP contribution in [-0.2, 0) is 10.3 Å². The van der Waals surface area contributed by atoms with Crippen molar-refractivity contribution >= 4 is 33.9 Å². The molecule has 3 aliphatic carbocycles. The van der Waals surface area contributed by atoms with E-state index in [0.29, 0.717) is 51.2 Å². The molecule has 14 heteroatoms. The summed E-state index contributed by atoms with van der Waals surface area (Å²) in [6.45, 7) is 13.0. The highest BCUT2D eigenvalue weighted by molar-refractivity contribution is 6.16. The number of ketones is 1. The molecule has 11 rings (SSSR count). The molecule has 0 amide bonds. The maximum absolute atomic E-state index is 13.6. The van der Waals surface area contributed by atoms with Gasteiger partial charge in [-0.25, -0.2) is 19.3 Å². The van der Waals surface area contributed by atoms with Gasteiger partial charge in [-0.1, -0.05) is 35.3 Å². The van der Waals surface area contributed by atoms with Crippen molar-refractivity contribution in [2.45, 2.75) is 123 Å². The van der Waals surface area contributed by atoms with Gasteiger partial charge in [0.1, 0.15) is 45.6 Å². The average Bonchev–Trinajstić information content (AvgIpc) is 4.07. The van der Waals surface area contributed by atoms with Crippen molar-refractivity contribution in [3.05, 3.63) is 130 Å². The van der Waals surface area contributed by atoms with Gasteiger partial charge in [-0.3, -0.25) is 14.8 Å². The molecule has 0 spiro atoms. The van der Waals surface area contributed by atoms with Crippen molar-refractivity contribution in [1.82, 2.24) is 39.8 Å². The van der Waals surface area contributed by atoms with E-state index in [9.17, 15) is 14.7 Å². The predicted molar refractivity (Wildman–Crippen MR) is 248 cm³/mol. The number of carbonyl (C=O) groups excluding carboxylic acids is 2. The molecule has 6 heterocycles. The summed E-state index contributed by atoms with van der Waals surface area (Å²) in [5.41, 5.74) is 8.09. The number of rotatable bonds is 9. The Bertz CT molecular complexity index is 3090. The minimum absolute atomic E-state index is 0.0987. The molecular weight excluding hydrogens is 833 g/mol. The van der Waals surface area contributed by atoms with Crippen LogP contribution in [-0.4, -0.2) is 62.4 Å². The summed E-state index contributed by atoms with van der Waals surface area (Å²) in [5.74, 6) is 3.52. The summed E-state index contributed by atoms with van der Waals surface area (Å²) in [4.78, 5) is 49.2. The summed E-state index contributed by atoms with van der Waals surface area (Å²) in [6, 6.07) is 18.9. The number of ether oxygens (including phenoxy) is 1. The van der Waals surface area contributed by atoms with Crippen LogP contribution in [0, 0.1) is 33.6 Å². The minimum atomic E-state index is -1.21. The normalized spacial score (nSPS) is 16.4. The summed E-state index contributed by atoms with van der Waals surface area (Å²) >= 11 is 0. The van der Waals surface area contributed by atoms with Gasteiger partial charge in [0.15, 0.2) is 0 Å². The second-order valence-corrected chi connectivity index (χ2v) is 19.2. The third-order valence-corrected chi connectivity index (χ3v) is 13.1. The fourth-order valence-electron chi connectivity index (χ4n) is 9.67. The van der Waals surface area contributed by atoms with Crippen LogP contribution in [0.1, 0.15) is 146 Å². The molecule has 14 nitrogen and oxygen atoms in total. The van der Waals surface area contributed by atoms with E-state index in [-0.39, 0.29) is 17.6 Å². The molecule has 0 aliphatic heterocycles. The molecule has 0 saturated heterocycles. The van der Waals surface area contributed by atoms with E-state index in [1.54, 1.807) is 36.7 Å². The molecule has 3 aliphatic rings. The Labute approximate surface area is 382 Å². The lowest BCUT2D eigenvalue weighted by atomic mass is 9.76. The van der Waals surface area contributed by atoms with Crippen LogP contribution < -0.4 is 0 Å². The minimum Gasteiger partial charge on any atom is -0.443 e. The largest absolute Gasteiger partial charge is 0.443 e. The van der Waals surface area contributed by atoms with Crippen molar-refractivity contribution in [2.24, 2.45) is 5.92 Å². The van der Waals surface area contributed by atoms with E-state index in [1.165, 1.54) is 17.4 Å². The number of aliphatic hydroxyl groups is 1. The van der Waals surface area contributed by atoms with E-state index in [1.807, 2.05) is 72.7 Å². The molecule has 2 aromatic carbocycles. The van der Waals surface area contributed by atoms with Crippen molar-refractivity contribution in [3.8, 4) is 22.3 Å². The van der Waals surface area contributed by atoms with E-state index in [0.717, 1.165) is 94.7 Å². The summed E-state index contributed by atoms with van der Waals surface area (Å²) in [7, 11) is 0. The van der Waals surface area contributed by atoms with Crippen molar-refractivity contribution in [3.63, 3.8) is 0 Å². The third-order valence-electron chi connectivity index (χ3n) is 13.1. The van der Waals surface area contributed by atoms with Gasteiger partial charge in [0.2, 0.25) is 5.78 Å². The van der Waals surface area contributed by atoms with Gasteiger partial charge < -0.3 is 23.9 Å². The Hall–Kier alpha value is -6.80.